The van der Waals surface area contributed by atoms with Gasteiger partial charge in [0, 0.05) is 24.3 Å². The summed E-state index contributed by atoms with van der Waals surface area (Å²) >= 11 is 0. The molecule has 4 aromatic rings. The van der Waals surface area contributed by atoms with E-state index in [0.29, 0.717) is 22.7 Å². The lowest BCUT2D eigenvalue weighted by molar-refractivity contribution is 0.262. The van der Waals surface area contributed by atoms with Crippen molar-refractivity contribution in [2.75, 3.05) is 24.8 Å². The number of hydrogen-bond donors (Lipinski definition) is 3. The Bertz CT molecular complexity index is 1270. The number of rotatable bonds is 4. The molecule has 31 heavy (non-hydrogen) atoms. The van der Waals surface area contributed by atoms with Gasteiger partial charge in [-0.15, -0.1) is 0 Å². The fourth-order valence-electron chi connectivity index (χ4n) is 3.75. The van der Waals surface area contributed by atoms with Crippen LogP contribution in [0.3, 0.4) is 0 Å². The van der Waals surface area contributed by atoms with Crippen molar-refractivity contribution in [3.8, 4) is 17.0 Å². The Balaban J connectivity index is 1.38. The molecule has 1 aliphatic heterocycles. The lowest BCUT2D eigenvalue weighted by Crippen LogP contribution is -2.21. The highest BCUT2D eigenvalue weighted by Crippen LogP contribution is 2.29. The molecular weight excluding hydrogens is 394 g/mol. The van der Waals surface area contributed by atoms with Crippen LogP contribution < -0.4 is 15.4 Å². The van der Waals surface area contributed by atoms with Crippen LogP contribution in [0.25, 0.3) is 22.4 Å². The molecule has 2 aromatic heterocycles. The summed E-state index contributed by atoms with van der Waals surface area (Å²) in [5, 5.41) is 12.7. The van der Waals surface area contributed by atoms with Crippen molar-refractivity contribution >= 4 is 28.7 Å². The van der Waals surface area contributed by atoms with Gasteiger partial charge in [0.25, 0.3) is 0 Å². The van der Waals surface area contributed by atoms with Crippen LogP contribution in [0.1, 0.15) is 11.1 Å². The van der Waals surface area contributed by atoms with Crippen LogP contribution in [0.4, 0.5) is 16.3 Å². The third kappa shape index (κ3) is 3.66. The van der Waals surface area contributed by atoms with Crippen molar-refractivity contribution in [3.05, 3.63) is 59.8 Å². The van der Waals surface area contributed by atoms with Gasteiger partial charge in [0.2, 0.25) is 5.65 Å². The Labute approximate surface area is 178 Å². The van der Waals surface area contributed by atoms with E-state index in [-0.39, 0.29) is 6.03 Å². The summed E-state index contributed by atoms with van der Waals surface area (Å²) in [6.07, 6.45) is 1.65. The van der Waals surface area contributed by atoms with Gasteiger partial charge in [0.15, 0.2) is 11.3 Å². The molecule has 2 amide bonds. The number of hydrogen-bond acceptors (Lipinski definition) is 6. The first-order valence-corrected chi connectivity index (χ1v) is 9.83. The number of nitrogens with one attached hydrogen (secondary N) is 3. The monoisotopic (exact) mass is 415 g/mol. The zero-order valence-corrected chi connectivity index (χ0v) is 17.1. The number of H-pyrrole nitrogens is 1. The SMILES string of the molecule is COc1ccc(-c2cnc3n[nH]c(NC(=O)Nc4cccc5c4CN(C)C5)c3n2)cc1. The van der Waals surface area contributed by atoms with Crippen LogP contribution >= 0.6 is 0 Å². The molecule has 9 nitrogen and oxygen atoms in total. The van der Waals surface area contributed by atoms with Crippen LogP contribution in [0.2, 0.25) is 0 Å². The van der Waals surface area contributed by atoms with Gasteiger partial charge in [0.05, 0.1) is 19.0 Å². The number of carbonyl (C=O) groups excluding carboxylic acids is 1. The predicted molar refractivity (Wildman–Crippen MR) is 118 cm³/mol. The van der Waals surface area contributed by atoms with E-state index in [2.05, 4.69) is 48.8 Å². The van der Waals surface area contributed by atoms with Crippen molar-refractivity contribution in [2.45, 2.75) is 13.1 Å². The number of aromatic nitrogens is 4. The van der Waals surface area contributed by atoms with Crippen LogP contribution in [0.15, 0.2) is 48.7 Å². The summed E-state index contributed by atoms with van der Waals surface area (Å²) in [7, 11) is 3.68. The van der Waals surface area contributed by atoms with E-state index >= 15 is 0 Å². The molecule has 0 saturated carbocycles. The number of ether oxygens (including phenoxy) is 1. The van der Waals surface area contributed by atoms with E-state index in [1.807, 2.05) is 36.4 Å². The van der Waals surface area contributed by atoms with Crippen LogP contribution in [0, 0.1) is 0 Å². The standard InChI is InChI=1S/C22H21N7O2/c1-29-11-14-4-3-5-17(16(14)12-29)25-22(30)26-21-19-20(27-28-21)23-10-18(24-19)13-6-8-15(31-2)9-7-13/h3-10H,11-12H2,1-2H3,(H3,23,25,26,27,28,30). The normalized spacial score (nSPS) is 13.2. The highest BCUT2D eigenvalue weighted by Gasteiger charge is 2.20. The molecule has 5 rings (SSSR count). The van der Waals surface area contributed by atoms with E-state index in [9.17, 15) is 4.79 Å². The summed E-state index contributed by atoms with van der Waals surface area (Å²) in [6, 6.07) is 13.1. The molecule has 0 fully saturated rings. The van der Waals surface area contributed by atoms with E-state index in [4.69, 9.17) is 4.74 Å². The number of methoxy groups -OCH3 is 1. The van der Waals surface area contributed by atoms with E-state index < -0.39 is 0 Å². The van der Waals surface area contributed by atoms with Gasteiger partial charge in [-0.05, 0) is 48.5 Å². The molecule has 0 radical (unpaired) electrons. The zero-order valence-electron chi connectivity index (χ0n) is 17.1. The molecule has 156 valence electrons. The first-order valence-electron chi connectivity index (χ1n) is 9.83. The maximum absolute atomic E-state index is 12.7. The van der Waals surface area contributed by atoms with Crippen LogP contribution in [-0.2, 0) is 13.1 Å². The summed E-state index contributed by atoms with van der Waals surface area (Å²) in [5.74, 6) is 1.15. The summed E-state index contributed by atoms with van der Waals surface area (Å²) in [6.45, 7) is 1.68. The fourth-order valence-corrected chi connectivity index (χ4v) is 3.75. The average molecular weight is 415 g/mol. The molecule has 0 unspecified atom stereocenters. The molecule has 0 saturated heterocycles. The number of nitrogens with zero attached hydrogens (tertiary/aromatic N) is 4. The molecule has 0 bridgehead atoms. The van der Waals surface area contributed by atoms with Gasteiger partial charge in [0.1, 0.15) is 5.75 Å². The van der Waals surface area contributed by atoms with Crippen molar-refractivity contribution in [1.29, 1.82) is 0 Å². The third-order valence-corrected chi connectivity index (χ3v) is 5.28. The summed E-state index contributed by atoms with van der Waals surface area (Å²) < 4.78 is 5.20. The third-order valence-electron chi connectivity index (χ3n) is 5.28. The molecule has 0 aliphatic carbocycles. The van der Waals surface area contributed by atoms with E-state index in [1.54, 1.807) is 13.3 Å². The quantitative estimate of drug-likeness (QED) is 0.470. The molecule has 1 aliphatic rings. The van der Waals surface area contributed by atoms with Gasteiger partial charge >= 0.3 is 6.03 Å². The molecule has 3 N–H and O–H groups in total. The molecule has 3 heterocycles. The van der Waals surface area contributed by atoms with Gasteiger partial charge < -0.3 is 10.1 Å². The fraction of sp³-hybridized carbons (Fsp3) is 0.182. The summed E-state index contributed by atoms with van der Waals surface area (Å²) in [4.78, 5) is 23.9. The Morgan fingerprint density at radius 3 is 2.77 bits per heavy atom. The van der Waals surface area contributed by atoms with Crippen LogP contribution in [0.5, 0.6) is 5.75 Å². The minimum atomic E-state index is -0.370. The highest BCUT2D eigenvalue weighted by molar-refractivity contribution is 6.03. The topological polar surface area (TPSA) is 108 Å². The second-order valence-electron chi connectivity index (χ2n) is 7.45. The van der Waals surface area contributed by atoms with Gasteiger partial charge in [-0.2, -0.15) is 5.10 Å². The second-order valence-corrected chi connectivity index (χ2v) is 7.45. The number of amides is 2. The smallest absolute Gasteiger partial charge is 0.324 e. The van der Waals surface area contributed by atoms with E-state index in [1.165, 1.54) is 5.56 Å². The maximum Gasteiger partial charge on any atom is 0.324 e. The van der Waals surface area contributed by atoms with Crippen LogP contribution in [-0.4, -0.2) is 45.3 Å². The summed E-state index contributed by atoms with van der Waals surface area (Å²) in [5.41, 5.74) is 5.63. The van der Waals surface area contributed by atoms with Crippen molar-refractivity contribution in [2.24, 2.45) is 0 Å². The van der Waals surface area contributed by atoms with Crippen molar-refractivity contribution < 1.29 is 9.53 Å². The predicted octanol–water partition coefficient (Wildman–Crippen LogP) is 3.62. The number of fused-ring (bicyclic) bond motifs is 2. The number of benzene rings is 2. The van der Waals surface area contributed by atoms with Gasteiger partial charge in [-0.25, -0.2) is 14.8 Å². The minimum absolute atomic E-state index is 0.370. The number of anilines is 2. The van der Waals surface area contributed by atoms with Gasteiger partial charge in [-0.3, -0.25) is 15.3 Å². The highest BCUT2D eigenvalue weighted by atomic mass is 16.5. The van der Waals surface area contributed by atoms with Crippen molar-refractivity contribution in [3.63, 3.8) is 0 Å². The number of carbonyl (C=O) groups is 1. The Kier molecular flexibility index (Phi) is 4.72. The molecule has 9 heteroatoms. The molecule has 2 aromatic carbocycles. The second kappa shape index (κ2) is 7.69. The first-order chi connectivity index (χ1) is 15.1. The molecule has 0 spiro atoms. The lowest BCUT2D eigenvalue weighted by atomic mass is 10.1. The molecule has 0 atom stereocenters. The Morgan fingerprint density at radius 2 is 1.97 bits per heavy atom. The van der Waals surface area contributed by atoms with E-state index in [0.717, 1.165) is 35.7 Å². The van der Waals surface area contributed by atoms with Gasteiger partial charge in [-0.1, -0.05) is 12.1 Å². The number of aromatic amines is 1. The minimum Gasteiger partial charge on any atom is -0.497 e. The average Bonchev–Trinajstić information content (AvgIpc) is 3.36. The largest absolute Gasteiger partial charge is 0.497 e. The maximum atomic E-state index is 12.7. The first kappa shape index (κ1) is 19.0. The molecular formula is C22H21N7O2. The Morgan fingerprint density at radius 1 is 1.13 bits per heavy atom. The lowest BCUT2D eigenvalue weighted by Gasteiger charge is -2.10. The number of urea groups is 1. The zero-order chi connectivity index (χ0) is 21.4. The Hall–Kier alpha value is -3.98. The van der Waals surface area contributed by atoms with Crippen molar-refractivity contribution in [1.82, 2.24) is 25.1 Å².